The molecule has 1 aliphatic rings. The third-order valence-electron chi connectivity index (χ3n) is 5.62. The van der Waals surface area contributed by atoms with Crippen LogP contribution in [0, 0.1) is 19.8 Å². The van der Waals surface area contributed by atoms with Crippen molar-refractivity contribution in [3.63, 3.8) is 0 Å². The molecular formula is C24H36IN3O3. The molecule has 0 bridgehead atoms. The number of furan rings is 1. The number of hydrogen-bond acceptors (Lipinski definition) is 4. The van der Waals surface area contributed by atoms with Crippen molar-refractivity contribution in [2.24, 2.45) is 10.9 Å². The lowest BCUT2D eigenvalue weighted by Crippen LogP contribution is -2.42. The monoisotopic (exact) mass is 541 g/mol. The van der Waals surface area contributed by atoms with Crippen molar-refractivity contribution in [2.75, 3.05) is 26.2 Å². The van der Waals surface area contributed by atoms with E-state index in [1.165, 1.54) is 5.56 Å². The van der Waals surface area contributed by atoms with Crippen molar-refractivity contribution < 1.29 is 14.3 Å². The Balaban J connectivity index is 0.00000341. The fraction of sp³-hybridized carbons (Fsp3) is 0.542. The lowest BCUT2D eigenvalue weighted by atomic mass is 9.89. The SMILES string of the molecule is CCNC(=NCC(C)(O)c1cc(C)oc1C)NCC1CCCOC1c1ccccc1.I. The van der Waals surface area contributed by atoms with Gasteiger partial charge >= 0.3 is 0 Å². The summed E-state index contributed by atoms with van der Waals surface area (Å²) in [6.07, 6.45) is 2.27. The minimum Gasteiger partial charge on any atom is -0.466 e. The normalized spacial score (nSPS) is 21.1. The molecule has 2 aromatic rings. The van der Waals surface area contributed by atoms with Crippen LogP contribution in [0.25, 0.3) is 0 Å². The third-order valence-corrected chi connectivity index (χ3v) is 5.62. The highest BCUT2D eigenvalue weighted by Gasteiger charge is 2.29. The van der Waals surface area contributed by atoms with Gasteiger partial charge in [-0.2, -0.15) is 0 Å². The van der Waals surface area contributed by atoms with E-state index >= 15 is 0 Å². The van der Waals surface area contributed by atoms with Gasteiger partial charge in [-0.25, -0.2) is 4.99 Å². The van der Waals surface area contributed by atoms with Crippen molar-refractivity contribution in [1.29, 1.82) is 0 Å². The van der Waals surface area contributed by atoms with Gasteiger partial charge in [-0.3, -0.25) is 0 Å². The second kappa shape index (κ2) is 11.9. The molecule has 3 rings (SSSR count). The molecule has 0 spiro atoms. The molecule has 172 valence electrons. The predicted molar refractivity (Wildman–Crippen MR) is 135 cm³/mol. The number of rotatable bonds is 7. The number of benzene rings is 1. The van der Waals surface area contributed by atoms with Crippen LogP contribution in [0.2, 0.25) is 0 Å². The summed E-state index contributed by atoms with van der Waals surface area (Å²) in [5, 5.41) is 17.7. The van der Waals surface area contributed by atoms with Gasteiger partial charge in [-0.05, 0) is 52.2 Å². The molecule has 0 radical (unpaired) electrons. The number of aryl methyl sites for hydroxylation is 2. The average Bonchev–Trinajstić information content (AvgIpc) is 3.10. The van der Waals surface area contributed by atoms with E-state index in [1.807, 2.05) is 32.9 Å². The van der Waals surface area contributed by atoms with E-state index in [0.29, 0.717) is 11.9 Å². The number of nitrogens with one attached hydrogen (secondary N) is 2. The van der Waals surface area contributed by atoms with Crippen LogP contribution in [-0.4, -0.2) is 37.3 Å². The van der Waals surface area contributed by atoms with Crippen LogP contribution in [-0.2, 0) is 10.3 Å². The second-order valence-corrected chi connectivity index (χ2v) is 8.28. The lowest BCUT2D eigenvalue weighted by molar-refractivity contribution is -0.0265. The molecular weight excluding hydrogens is 505 g/mol. The zero-order chi connectivity index (χ0) is 21.6. The first-order valence-corrected chi connectivity index (χ1v) is 10.9. The number of aliphatic hydroxyl groups is 1. The van der Waals surface area contributed by atoms with E-state index in [0.717, 1.165) is 49.6 Å². The largest absolute Gasteiger partial charge is 0.466 e. The molecule has 1 aromatic heterocycles. The van der Waals surface area contributed by atoms with Gasteiger partial charge in [-0.1, -0.05) is 30.3 Å². The highest BCUT2D eigenvalue weighted by Crippen LogP contribution is 2.33. The first-order chi connectivity index (χ1) is 14.4. The molecule has 3 atom stereocenters. The minimum absolute atomic E-state index is 0. The van der Waals surface area contributed by atoms with Gasteiger partial charge in [0.1, 0.15) is 17.1 Å². The molecule has 3 N–H and O–H groups in total. The number of ether oxygens (including phenoxy) is 1. The summed E-state index contributed by atoms with van der Waals surface area (Å²) in [6, 6.07) is 12.3. The topological polar surface area (TPSA) is 79.0 Å². The smallest absolute Gasteiger partial charge is 0.191 e. The standard InChI is InChI=1S/C24H35N3O3.HI/c1-5-25-23(27-16-24(4,28)21-14-17(2)30-18(21)3)26-15-20-12-9-13-29-22(20)19-10-7-6-8-11-19;/h6-8,10-11,14,20,22,28H,5,9,12-13,15-16H2,1-4H3,(H2,25,26,27);1H. The van der Waals surface area contributed by atoms with Gasteiger partial charge in [0.25, 0.3) is 0 Å². The second-order valence-electron chi connectivity index (χ2n) is 8.28. The van der Waals surface area contributed by atoms with Gasteiger partial charge < -0.3 is 24.9 Å². The zero-order valence-electron chi connectivity index (χ0n) is 19.0. The number of halogens is 1. The third kappa shape index (κ3) is 6.95. The average molecular weight is 541 g/mol. The Morgan fingerprint density at radius 2 is 1.97 bits per heavy atom. The molecule has 2 heterocycles. The molecule has 0 amide bonds. The Morgan fingerprint density at radius 1 is 1.23 bits per heavy atom. The van der Waals surface area contributed by atoms with Crippen LogP contribution < -0.4 is 10.6 Å². The van der Waals surface area contributed by atoms with Crippen LogP contribution in [0.4, 0.5) is 0 Å². The minimum atomic E-state index is -1.09. The summed E-state index contributed by atoms with van der Waals surface area (Å²) >= 11 is 0. The molecule has 1 saturated heterocycles. The quantitative estimate of drug-likeness (QED) is 0.275. The number of aliphatic imine (C=N–C) groups is 1. The molecule has 0 aliphatic carbocycles. The van der Waals surface area contributed by atoms with E-state index in [2.05, 4.69) is 39.9 Å². The maximum atomic E-state index is 11.0. The zero-order valence-corrected chi connectivity index (χ0v) is 21.3. The van der Waals surface area contributed by atoms with E-state index in [1.54, 1.807) is 6.92 Å². The highest BCUT2D eigenvalue weighted by atomic mass is 127. The number of nitrogens with zero attached hydrogens (tertiary/aromatic N) is 1. The Kier molecular flexibility index (Phi) is 9.84. The molecule has 1 fully saturated rings. The van der Waals surface area contributed by atoms with Crippen LogP contribution >= 0.6 is 24.0 Å². The Morgan fingerprint density at radius 3 is 2.61 bits per heavy atom. The molecule has 7 heteroatoms. The summed E-state index contributed by atoms with van der Waals surface area (Å²) in [4.78, 5) is 4.66. The van der Waals surface area contributed by atoms with Crippen LogP contribution in [0.15, 0.2) is 45.8 Å². The van der Waals surface area contributed by atoms with Crippen LogP contribution in [0.5, 0.6) is 0 Å². The molecule has 3 unspecified atom stereocenters. The maximum absolute atomic E-state index is 11.0. The Bertz CT molecular complexity index is 836. The summed E-state index contributed by atoms with van der Waals surface area (Å²) in [7, 11) is 0. The van der Waals surface area contributed by atoms with Crippen LogP contribution in [0.1, 0.15) is 55.4 Å². The van der Waals surface area contributed by atoms with Crippen molar-refractivity contribution in [1.82, 2.24) is 10.6 Å². The summed E-state index contributed by atoms with van der Waals surface area (Å²) in [6.45, 7) is 10.1. The van der Waals surface area contributed by atoms with E-state index in [-0.39, 0.29) is 36.6 Å². The van der Waals surface area contributed by atoms with Crippen molar-refractivity contribution >= 4 is 29.9 Å². The van der Waals surface area contributed by atoms with E-state index in [9.17, 15) is 5.11 Å². The van der Waals surface area contributed by atoms with Crippen molar-refractivity contribution in [3.8, 4) is 0 Å². The van der Waals surface area contributed by atoms with E-state index in [4.69, 9.17) is 9.15 Å². The lowest BCUT2D eigenvalue weighted by Gasteiger charge is -2.32. The number of guanidine groups is 1. The summed E-state index contributed by atoms with van der Waals surface area (Å²) in [5.74, 6) is 2.59. The summed E-state index contributed by atoms with van der Waals surface area (Å²) in [5.41, 5.74) is 0.911. The molecule has 6 nitrogen and oxygen atoms in total. The molecule has 1 aromatic carbocycles. The van der Waals surface area contributed by atoms with Crippen molar-refractivity contribution in [2.45, 2.75) is 52.2 Å². The van der Waals surface area contributed by atoms with Gasteiger partial charge in [0.05, 0.1) is 12.6 Å². The summed E-state index contributed by atoms with van der Waals surface area (Å²) < 4.78 is 11.7. The Hall–Kier alpha value is -1.58. The van der Waals surface area contributed by atoms with Crippen LogP contribution in [0.3, 0.4) is 0 Å². The number of hydrogen-bond donors (Lipinski definition) is 3. The predicted octanol–water partition coefficient (Wildman–Crippen LogP) is 4.44. The molecule has 1 aliphatic heterocycles. The molecule has 0 saturated carbocycles. The van der Waals surface area contributed by atoms with Crippen molar-refractivity contribution in [3.05, 3.63) is 59.0 Å². The fourth-order valence-corrected chi connectivity index (χ4v) is 4.12. The Labute approximate surface area is 202 Å². The maximum Gasteiger partial charge on any atom is 0.191 e. The van der Waals surface area contributed by atoms with Gasteiger partial charge in [0.15, 0.2) is 5.96 Å². The van der Waals surface area contributed by atoms with Gasteiger partial charge in [0, 0.05) is 31.2 Å². The van der Waals surface area contributed by atoms with E-state index < -0.39 is 5.60 Å². The van der Waals surface area contributed by atoms with Gasteiger partial charge in [-0.15, -0.1) is 24.0 Å². The molecule has 31 heavy (non-hydrogen) atoms. The first-order valence-electron chi connectivity index (χ1n) is 10.9. The first kappa shape index (κ1) is 25.7. The highest BCUT2D eigenvalue weighted by molar-refractivity contribution is 14.0. The van der Waals surface area contributed by atoms with Gasteiger partial charge in [0.2, 0.25) is 0 Å². The fourth-order valence-electron chi connectivity index (χ4n) is 4.12.